The van der Waals surface area contributed by atoms with Crippen LogP contribution in [0.3, 0.4) is 0 Å². The normalized spacial score (nSPS) is 26.3. The highest BCUT2D eigenvalue weighted by Gasteiger charge is 2.17. The summed E-state index contributed by atoms with van der Waals surface area (Å²) in [4.78, 5) is 15.3. The summed E-state index contributed by atoms with van der Waals surface area (Å²) >= 11 is 0. The van der Waals surface area contributed by atoms with Crippen LogP contribution in [0, 0.1) is 0 Å². The molecule has 0 unspecified atom stereocenters. The number of carbonyl (C=O) groups is 1. The largest absolute Gasteiger partial charge is 0.463 e. The first kappa shape index (κ1) is 8.29. The third kappa shape index (κ3) is 2.36. The van der Waals surface area contributed by atoms with Gasteiger partial charge in [0.1, 0.15) is 0 Å². The fourth-order valence-electron chi connectivity index (χ4n) is 0.889. The molecular formula is C6H12N2O3. The molecule has 1 heterocycles. The Morgan fingerprint density at radius 2 is 2.55 bits per heavy atom. The zero-order valence-electron chi connectivity index (χ0n) is 6.41. The van der Waals surface area contributed by atoms with Crippen LogP contribution >= 0.6 is 0 Å². The maximum absolute atomic E-state index is 10.4. The Labute approximate surface area is 64.9 Å². The molecule has 1 saturated heterocycles. The van der Waals surface area contributed by atoms with E-state index in [0.717, 1.165) is 5.06 Å². The van der Waals surface area contributed by atoms with Crippen LogP contribution in [-0.2, 0) is 4.84 Å². The number of rotatable bonds is 0. The molecule has 0 saturated carbocycles. The molecule has 0 aromatic heterocycles. The molecule has 0 aliphatic carbocycles. The summed E-state index contributed by atoms with van der Waals surface area (Å²) in [5.74, 6) is 0. The maximum Gasteiger partial charge on any atom is 0.431 e. The molecule has 1 fully saturated rings. The minimum Gasteiger partial charge on any atom is -0.463 e. The molecule has 0 bridgehead atoms. The van der Waals surface area contributed by atoms with Gasteiger partial charge in [0.2, 0.25) is 0 Å². The van der Waals surface area contributed by atoms with Gasteiger partial charge in [-0.1, -0.05) is 0 Å². The number of hydroxylamine groups is 2. The molecule has 0 spiro atoms. The minimum atomic E-state index is -1.03. The molecule has 1 atom stereocenters. The second-order valence-corrected chi connectivity index (χ2v) is 2.54. The number of hydrogen-bond donors (Lipinski definition) is 2. The lowest BCUT2D eigenvalue weighted by Crippen LogP contribution is -2.31. The zero-order valence-corrected chi connectivity index (χ0v) is 6.41. The number of amides is 1. The van der Waals surface area contributed by atoms with E-state index in [1.54, 1.807) is 0 Å². The van der Waals surface area contributed by atoms with Crippen molar-refractivity contribution in [3.63, 3.8) is 0 Å². The van der Waals surface area contributed by atoms with Crippen molar-refractivity contribution < 1.29 is 14.7 Å². The molecule has 1 amide bonds. The summed E-state index contributed by atoms with van der Waals surface area (Å²) in [6.07, 6.45) is -1.03. The third-order valence-electron chi connectivity index (χ3n) is 1.50. The number of carboxylic acid groups (broad SMARTS) is 1. The Kier molecular flexibility index (Phi) is 2.67. The van der Waals surface area contributed by atoms with Crippen LogP contribution < -0.4 is 5.32 Å². The second-order valence-electron chi connectivity index (χ2n) is 2.54. The Balaban J connectivity index is 2.40. The van der Waals surface area contributed by atoms with Crippen molar-refractivity contribution in [2.45, 2.75) is 13.0 Å². The molecule has 1 aliphatic heterocycles. The highest BCUT2D eigenvalue weighted by Crippen LogP contribution is 1.97. The van der Waals surface area contributed by atoms with E-state index in [2.05, 4.69) is 5.32 Å². The van der Waals surface area contributed by atoms with Crippen LogP contribution in [0.2, 0.25) is 0 Å². The first-order valence-electron chi connectivity index (χ1n) is 3.57. The van der Waals surface area contributed by atoms with Crippen molar-refractivity contribution in [3.05, 3.63) is 0 Å². The zero-order chi connectivity index (χ0) is 8.27. The summed E-state index contributed by atoms with van der Waals surface area (Å²) in [7, 11) is 0. The molecule has 0 radical (unpaired) electrons. The van der Waals surface area contributed by atoms with Crippen molar-refractivity contribution >= 4 is 6.09 Å². The van der Waals surface area contributed by atoms with Gasteiger partial charge in [0.05, 0.1) is 13.2 Å². The third-order valence-corrected chi connectivity index (χ3v) is 1.50. The van der Waals surface area contributed by atoms with E-state index < -0.39 is 6.09 Å². The van der Waals surface area contributed by atoms with E-state index in [-0.39, 0.29) is 6.04 Å². The number of hydrogen-bond acceptors (Lipinski definition) is 3. The molecule has 1 rings (SSSR count). The van der Waals surface area contributed by atoms with Crippen molar-refractivity contribution in [1.82, 2.24) is 10.4 Å². The predicted molar refractivity (Wildman–Crippen MR) is 38.1 cm³/mol. The van der Waals surface area contributed by atoms with Gasteiger partial charge >= 0.3 is 6.09 Å². The quantitative estimate of drug-likeness (QED) is 0.519. The van der Waals surface area contributed by atoms with Crippen LogP contribution in [-0.4, -0.2) is 42.0 Å². The molecule has 64 valence electrons. The van der Waals surface area contributed by atoms with Gasteiger partial charge in [-0.3, -0.25) is 4.84 Å². The van der Waals surface area contributed by atoms with Gasteiger partial charge in [0, 0.05) is 12.6 Å². The minimum absolute atomic E-state index is 0.222. The molecule has 2 N–H and O–H groups in total. The summed E-state index contributed by atoms with van der Waals surface area (Å²) in [6.45, 7) is 3.39. The lowest BCUT2D eigenvalue weighted by molar-refractivity contribution is -0.123. The fraction of sp³-hybridized carbons (Fsp3) is 0.833. The van der Waals surface area contributed by atoms with Crippen molar-refractivity contribution in [2.75, 3.05) is 19.7 Å². The van der Waals surface area contributed by atoms with E-state index in [9.17, 15) is 4.79 Å². The van der Waals surface area contributed by atoms with Gasteiger partial charge in [-0.15, -0.1) is 0 Å². The van der Waals surface area contributed by atoms with E-state index in [0.29, 0.717) is 19.7 Å². The first-order chi connectivity index (χ1) is 5.20. The average Bonchev–Trinajstić information content (AvgIpc) is 2.13. The van der Waals surface area contributed by atoms with Gasteiger partial charge in [0.15, 0.2) is 0 Å². The van der Waals surface area contributed by atoms with Crippen LogP contribution in [0.4, 0.5) is 4.79 Å². The Hall–Kier alpha value is -0.810. The molecular weight excluding hydrogens is 148 g/mol. The van der Waals surface area contributed by atoms with E-state index >= 15 is 0 Å². The van der Waals surface area contributed by atoms with Crippen LogP contribution in [0.15, 0.2) is 0 Å². The van der Waals surface area contributed by atoms with Gasteiger partial charge in [-0.25, -0.2) is 4.79 Å². The van der Waals surface area contributed by atoms with E-state index in [1.807, 2.05) is 6.92 Å². The molecule has 5 nitrogen and oxygen atoms in total. The highest BCUT2D eigenvalue weighted by atomic mass is 16.7. The van der Waals surface area contributed by atoms with E-state index in [4.69, 9.17) is 9.94 Å². The summed E-state index contributed by atoms with van der Waals surface area (Å²) in [5, 5.41) is 12.6. The van der Waals surface area contributed by atoms with Crippen molar-refractivity contribution in [3.8, 4) is 0 Å². The predicted octanol–water partition coefficient (Wildman–Crippen LogP) is -0.110. The smallest absolute Gasteiger partial charge is 0.431 e. The van der Waals surface area contributed by atoms with Crippen molar-refractivity contribution in [2.24, 2.45) is 0 Å². The number of nitrogens with zero attached hydrogens (tertiary/aromatic N) is 1. The highest BCUT2D eigenvalue weighted by molar-refractivity contribution is 5.63. The van der Waals surface area contributed by atoms with Gasteiger partial charge < -0.3 is 10.4 Å². The Morgan fingerprint density at radius 1 is 1.82 bits per heavy atom. The second kappa shape index (κ2) is 3.54. The molecule has 11 heavy (non-hydrogen) atoms. The number of nitrogens with one attached hydrogen (secondary N) is 1. The monoisotopic (exact) mass is 160 g/mol. The SMILES string of the molecule is C[C@@H]1CON(C(=O)O)CCN1. The summed E-state index contributed by atoms with van der Waals surface area (Å²) in [5.41, 5.74) is 0. The van der Waals surface area contributed by atoms with Crippen molar-refractivity contribution in [1.29, 1.82) is 0 Å². The van der Waals surface area contributed by atoms with E-state index in [1.165, 1.54) is 0 Å². The van der Waals surface area contributed by atoms with Gasteiger partial charge in [0.25, 0.3) is 0 Å². The molecule has 1 aliphatic rings. The average molecular weight is 160 g/mol. The Morgan fingerprint density at radius 3 is 3.18 bits per heavy atom. The lowest BCUT2D eigenvalue weighted by Gasteiger charge is -2.14. The maximum atomic E-state index is 10.4. The lowest BCUT2D eigenvalue weighted by atomic mass is 10.4. The summed E-state index contributed by atoms with van der Waals surface area (Å²) in [6, 6.07) is 0.222. The Bertz CT molecular complexity index is 151. The fourth-order valence-corrected chi connectivity index (χ4v) is 0.889. The van der Waals surface area contributed by atoms with Gasteiger partial charge in [-0.2, -0.15) is 5.06 Å². The molecule has 5 heteroatoms. The standard InChI is InChI=1S/C6H12N2O3/c1-5-4-11-8(6(9)10)3-2-7-5/h5,7H,2-4H2,1H3,(H,9,10)/t5-/m1/s1. The van der Waals surface area contributed by atoms with Crippen LogP contribution in [0.25, 0.3) is 0 Å². The van der Waals surface area contributed by atoms with Crippen LogP contribution in [0.1, 0.15) is 6.92 Å². The summed E-state index contributed by atoms with van der Waals surface area (Å²) < 4.78 is 0. The molecule has 0 aromatic rings. The van der Waals surface area contributed by atoms with Gasteiger partial charge in [-0.05, 0) is 6.92 Å². The molecule has 0 aromatic carbocycles. The van der Waals surface area contributed by atoms with Crippen LogP contribution in [0.5, 0.6) is 0 Å². The topological polar surface area (TPSA) is 61.8 Å². The first-order valence-corrected chi connectivity index (χ1v) is 3.57.